The highest BCUT2D eigenvalue weighted by atomic mass is 16.6. The number of esters is 1. The lowest BCUT2D eigenvalue weighted by Gasteiger charge is -2.13. The average molecular weight is 432 g/mol. The van der Waals surface area contributed by atoms with E-state index in [4.69, 9.17) is 33.5 Å². The van der Waals surface area contributed by atoms with E-state index in [2.05, 4.69) is 0 Å². The van der Waals surface area contributed by atoms with Gasteiger partial charge in [0.2, 0.25) is 5.75 Å². The van der Waals surface area contributed by atoms with Crippen molar-refractivity contribution in [2.24, 2.45) is 0 Å². The summed E-state index contributed by atoms with van der Waals surface area (Å²) in [6.07, 6.45) is 3.63. The molecule has 0 fully saturated rings. The zero-order valence-corrected chi connectivity index (χ0v) is 17.7. The van der Waals surface area contributed by atoms with Gasteiger partial charge in [0, 0.05) is 0 Å². The number of benzene rings is 2. The Morgan fingerprint density at radius 2 is 1.35 bits per heavy atom. The maximum absolute atomic E-state index is 11.9. The fraction of sp³-hybridized carbons (Fsp3) is 0.273. The van der Waals surface area contributed by atoms with E-state index in [9.17, 15) is 9.59 Å². The van der Waals surface area contributed by atoms with Crippen LogP contribution in [-0.2, 0) is 14.3 Å². The quantitative estimate of drug-likeness (QED) is 0.326. The number of rotatable bonds is 11. The molecule has 0 aromatic heterocycles. The lowest BCUT2D eigenvalue weighted by molar-refractivity contribution is -0.147. The Bertz CT molecular complexity index is 925. The van der Waals surface area contributed by atoms with Crippen LogP contribution in [0.5, 0.6) is 28.7 Å². The Morgan fingerprint density at radius 3 is 1.90 bits per heavy atom. The van der Waals surface area contributed by atoms with Crippen molar-refractivity contribution in [2.75, 3.05) is 41.7 Å². The van der Waals surface area contributed by atoms with E-state index in [1.807, 2.05) is 6.08 Å². The summed E-state index contributed by atoms with van der Waals surface area (Å²) in [4.78, 5) is 22.4. The van der Waals surface area contributed by atoms with Crippen LogP contribution >= 0.6 is 0 Å². The third-order valence-electron chi connectivity index (χ3n) is 4.01. The zero-order chi connectivity index (χ0) is 22.8. The smallest absolute Gasteiger partial charge is 0.337 e. The summed E-state index contributed by atoms with van der Waals surface area (Å²) in [7, 11) is 6.05. The van der Waals surface area contributed by atoms with E-state index in [0.717, 1.165) is 11.1 Å². The van der Waals surface area contributed by atoms with Gasteiger partial charge in [-0.1, -0.05) is 18.2 Å². The molecule has 31 heavy (non-hydrogen) atoms. The van der Waals surface area contributed by atoms with Gasteiger partial charge in [-0.2, -0.15) is 0 Å². The zero-order valence-electron chi connectivity index (χ0n) is 17.7. The second kappa shape index (κ2) is 11.5. The van der Waals surface area contributed by atoms with Crippen molar-refractivity contribution in [3.8, 4) is 28.7 Å². The third-order valence-corrected chi connectivity index (χ3v) is 4.01. The molecule has 2 aromatic carbocycles. The summed E-state index contributed by atoms with van der Waals surface area (Å²) < 4.78 is 31.2. The highest BCUT2D eigenvalue weighted by Gasteiger charge is 2.13. The van der Waals surface area contributed by atoms with Gasteiger partial charge in [0.15, 0.2) is 23.0 Å². The van der Waals surface area contributed by atoms with Gasteiger partial charge in [-0.25, -0.2) is 9.59 Å². The van der Waals surface area contributed by atoms with Crippen molar-refractivity contribution in [3.63, 3.8) is 0 Å². The van der Waals surface area contributed by atoms with Gasteiger partial charge in [0.25, 0.3) is 0 Å². The van der Waals surface area contributed by atoms with E-state index in [-0.39, 0.29) is 5.75 Å². The highest BCUT2D eigenvalue weighted by molar-refractivity contribution is 5.77. The summed E-state index contributed by atoms with van der Waals surface area (Å²) >= 11 is 0. The first-order chi connectivity index (χ1) is 14.9. The maximum Gasteiger partial charge on any atom is 0.337 e. The normalized spacial score (nSPS) is 10.6. The molecule has 0 bridgehead atoms. The number of carboxylic acids is 1. The predicted molar refractivity (Wildman–Crippen MR) is 112 cm³/mol. The van der Waals surface area contributed by atoms with Crippen LogP contribution in [0, 0.1) is 0 Å². The minimum absolute atomic E-state index is 0.179. The van der Waals surface area contributed by atoms with Crippen molar-refractivity contribution >= 4 is 24.1 Å². The number of hydrogen-bond donors (Lipinski definition) is 1. The molecular formula is C22H24O9. The van der Waals surface area contributed by atoms with Crippen molar-refractivity contribution in [1.29, 1.82) is 0 Å². The standard InChI is InChI=1S/C22H24O9/c1-26-16-8-7-14(9-17(16)31-21(25)13-30-12-20(23)24)5-6-15-10-18(27-2)22(29-4)19(11-15)28-3/h5-11H,12-13H2,1-4H3,(H,23,24). The molecule has 0 unspecified atom stereocenters. The summed E-state index contributed by atoms with van der Waals surface area (Å²) in [5.74, 6) is 0.134. The van der Waals surface area contributed by atoms with Crippen molar-refractivity contribution < 1.29 is 43.1 Å². The molecule has 0 aliphatic carbocycles. The number of carbonyl (C=O) groups is 2. The van der Waals surface area contributed by atoms with Crippen molar-refractivity contribution in [2.45, 2.75) is 0 Å². The van der Waals surface area contributed by atoms with E-state index < -0.39 is 25.2 Å². The molecule has 0 saturated carbocycles. The van der Waals surface area contributed by atoms with E-state index in [1.165, 1.54) is 28.4 Å². The lowest BCUT2D eigenvalue weighted by Crippen LogP contribution is -2.19. The number of aliphatic carboxylic acids is 1. The third kappa shape index (κ3) is 6.65. The number of ether oxygens (including phenoxy) is 6. The molecule has 0 aliphatic rings. The van der Waals surface area contributed by atoms with Crippen LogP contribution in [-0.4, -0.2) is 58.7 Å². The molecule has 166 valence electrons. The van der Waals surface area contributed by atoms with Crippen LogP contribution in [0.1, 0.15) is 11.1 Å². The van der Waals surface area contributed by atoms with Gasteiger partial charge < -0.3 is 33.5 Å². The molecule has 0 radical (unpaired) electrons. The minimum atomic E-state index is -1.18. The minimum Gasteiger partial charge on any atom is -0.493 e. The first-order valence-electron chi connectivity index (χ1n) is 9.08. The van der Waals surface area contributed by atoms with Gasteiger partial charge in [0.1, 0.15) is 13.2 Å². The largest absolute Gasteiger partial charge is 0.493 e. The molecule has 0 saturated heterocycles. The van der Waals surface area contributed by atoms with Crippen molar-refractivity contribution in [1.82, 2.24) is 0 Å². The number of carbonyl (C=O) groups excluding carboxylic acids is 1. The molecule has 0 spiro atoms. The van der Waals surface area contributed by atoms with Crippen LogP contribution < -0.4 is 23.7 Å². The first-order valence-corrected chi connectivity index (χ1v) is 9.08. The van der Waals surface area contributed by atoms with Gasteiger partial charge in [0.05, 0.1) is 28.4 Å². The Labute approximate surface area is 179 Å². The fourth-order valence-electron chi connectivity index (χ4n) is 2.64. The van der Waals surface area contributed by atoms with Crippen LogP contribution in [0.2, 0.25) is 0 Å². The van der Waals surface area contributed by atoms with E-state index in [1.54, 1.807) is 36.4 Å². The summed E-state index contributed by atoms with van der Waals surface area (Å²) in [6.45, 7) is -1.09. The van der Waals surface area contributed by atoms with Gasteiger partial charge >= 0.3 is 11.9 Å². The molecule has 2 aromatic rings. The molecule has 9 nitrogen and oxygen atoms in total. The van der Waals surface area contributed by atoms with Crippen LogP contribution in [0.3, 0.4) is 0 Å². The molecule has 1 N–H and O–H groups in total. The van der Waals surface area contributed by atoms with Crippen LogP contribution in [0.4, 0.5) is 0 Å². The maximum atomic E-state index is 11.9. The molecule has 2 rings (SSSR count). The molecule has 0 amide bonds. The Morgan fingerprint density at radius 1 is 0.774 bits per heavy atom. The van der Waals surface area contributed by atoms with Crippen LogP contribution in [0.25, 0.3) is 12.2 Å². The summed E-state index contributed by atoms with van der Waals surface area (Å²) in [6, 6.07) is 8.63. The molecule has 0 heterocycles. The van der Waals surface area contributed by atoms with Crippen molar-refractivity contribution in [3.05, 3.63) is 41.5 Å². The second-order valence-electron chi connectivity index (χ2n) is 6.06. The Hall–Kier alpha value is -3.72. The Kier molecular flexibility index (Phi) is 8.71. The van der Waals surface area contributed by atoms with Gasteiger partial charge in [-0.05, 0) is 35.4 Å². The first kappa shape index (κ1) is 23.6. The summed E-state index contributed by atoms with van der Waals surface area (Å²) in [5.41, 5.74) is 1.52. The summed E-state index contributed by atoms with van der Waals surface area (Å²) in [5, 5.41) is 8.56. The Balaban J connectivity index is 2.22. The number of carboxylic acid groups (broad SMARTS) is 1. The van der Waals surface area contributed by atoms with Crippen LogP contribution in [0.15, 0.2) is 30.3 Å². The van der Waals surface area contributed by atoms with Gasteiger partial charge in [-0.3, -0.25) is 0 Å². The highest BCUT2D eigenvalue weighted by Crippen LogP contribution is 2.38. The monoisotopic (exact) mass is 432 g/mol. The van der Waals surface area contributed by atoms with E-state index in [0.29, 0.717) is 23.0 Å². The molecular weight excluding hydrogens is 408 g/mol. The molecule has 0 aliphatic heterocycles. The number of hydrogen-bond acceptors (Lipinski definition) is 8. The molecule has 9 heteroatoms. The predicted octanol–water partition coefficient (Wildman–Crippen LogP) is 2.90. The molecule has 0 atom stereocenters. The average Bonchev–Trinajstić information content (AvgIpc) is 2.76. The second-order valence-corrected chi connectivity index (χ2v) is 6.06. The SMILES string of the molecule is COc1ccc(C=Cc2cc(OC)c(OC)c(OC)c2)cc1OC(=O)COCC(=O)O. The van der Waals surface area contributed by atoms with Gasteiger partial charge in [-0.15, -0.1) is 0 Å². The fourth-order valence-corrected chi connectivity index (χ4v) is 2.64. The number of methoxy groups -OCH3 is 4. The topological polar surface area (TPSA) is 110 Å². The lowest BCUT2D eigenvalue weighted by atomic mass is 10.1. The van der Waals surface area contributed by atoms with E-state index >= 15 is 0 Å².